The molecule has 1 saturated heterocycles. The second kappa shape index (κ2) is 2.68. The van der Waals surface area contributed by atoms with Crippen LogP contribution in [-0.2, 0) is 10.0 Å². The maximum Gasteiger partial charge on any atom is 0.214 e. The van der Waals surface area contributed by atoms with Gasteiger partial charge in [-0.25, -0.2) is 8.42 Å². The Labute approximate surface area is 78.6 Å². The Hall–Kier alpha value is -0.130. The molecular weight excluding hydrogens is 190 g/mol. The van der Waals surface area contributed by atoms with Crippen molar-refractivity contribution in [1.29, 1.82) is 0 Å². The second-order valence-corrected chi connectivity index (χ2v) is 6.50. The van der Waals surface area contributed by atoms with E-state index in [1.807, 2.05) is 0 Å². The highest BCUT2D eigenvalue weighted by atomic mass is 32.2. The van der Waals surface area contributed by atoms with E-state index in [0.717, 1.165) is 12.8 Å². The van der Waals surface area contributed by atoms with Crippen LogP contribution in [0.1, 0.15) is 19.8 Å². The molecule has 1 aliphatic carbocycles. The molecule has 1 heterocycles. The first-order chi connectivity index (χ1) is 5.89. The first-order valence-electron chi connectivity index (χ1n) is 4.59. The molecule has 1 aliphatic heterocycles. The smallest absolute Gasteiger partial charge is 0.214 e. The van der Waals surface area contributed by atoms with Gasteiger partial charge in [-0.2, -0.15) is 4.31 Å². The van der Waals surface area contributed by atoms with Gasteiger partial charge in [0.15, 0.2) is 0 Å². The summed E-state index contributed by atoms with van der Waals surface area (Å²) in [7, 11) is -3.06. The average Bonchev–Trinajstić information content (AvgIpc) is 2.65. The van der Waals surface area contributed by atoms with Crippen molar-refractivity contribution in [2.75, 3.05) is 18.8 Å². The maximum atomic E-state index is 11.6. The van der Waals surface area contributed by atoms with Crippen LogP contribution < -0.4 is 0 Å². The van der Waals surface area contributed by atoms with Crippen LogP contribution in [0.3, 0.4) is 0 Å². The van der Waals surface area contributed by atoms with E-state index in [-0.39, 0.29) is 18.8 Å². The summed E-state index contributed by atoms with van der Waals surface area (Å²) >= 11 is 0. The second-order valence-electron chi connectivity index (χ2n) is 4.49. The highest BCUT2D eigenvalue weighted by Crippen LogP contribution is 2.33. The third kappa shape index (κ3) is 2.03. The van der Waals surface area contributed by atoms with Crippen molar-refractivity contribution in [3.05, 3.63) is 0 Å². The third-order valence-corrected chi connectivity index (χ3v) is 4.51. The highest BCUT2D eigenvalue weighted by Gasteiger charge is 2.44. The molecule has 2 aliphatic rings. The van der Waals surface area contributed by atoms with E-state index >= 15 is 0 Å². The summed E-state index contributed by atoms with van der Waals surface area (Å²) in [5.74, 6) is 0.666. The number of nitrogens with zero attached hydrogens (tertiary/aromatic N) is 1. The average molecular weight is 205 g/mol. The molecular formula is C8H15NO3S. The Kier molecular flexibility index (Phi) is 1.94. The van der Waals surface area contributed by atoms with Gasteiger partial charge in [-0.3, -0.25) is 0 Å². The van der Waals surface area contributed by atoms with Crippen LogP contribution in [0.4, 0.5) is 0 Å². The van der Waals surface area contributed by atoms with E-state index in [2.05, 4.69) is 0 Å². The lowest BCUT2D eigenvalue weighted by Crippen LogP contribution is -2.62. The van der Waals surface area contributed by atoms with Crippen molar-refractivity contribution in [1.82, 2.24) is 4.31 Å². The molecule has 0 spiro atoms. The van der Waals surface area contributed by atoms with Crippen LogP contribution >= 0.6 is 0 Å². The summed E-state index contributed by atoms with van der Waals surface area (Å²) in [5.41, 5.74) is -0.795. The Morgan fingerprint density at radius 2 is 2.00 bits per heavy atom. The van der Waals surface area contributed by atoms with Gasteiger partial charge in [-0.1, -0.05) is 0 Å². The molecule has 13 heavy (non-hydrogen) atoms. The molecule has 2 rings (SSSR count). The Morgan fingerprint density at radius 3 is 2.38 bits per heavy atom. The number of sulfonamides is 1. The topological polar surface area (TPSA) is 57.6 Å². The van der Waals surface area contributed by atoms with Crippen molar-refractivity contribution in [2.45, 2.75) is 25.4 Å². The Morgan fingerprint density at radius 1 is 1.46 bits per heavy atom. The van der Waals surface area contributed by atoms with Gasteiger partial charge < -0.3 is 5.11 Å². The number of β-amino-alcohol motifs (C(OH)–C–C–N with tert-alkyl or cyclic N) is 1. The predicted octanol–water partition coefficient (Wildman–Crippen LogP) is -0.207. The number of hydrogen-bond acceptors (Lipinski definition) is 3. The molecule has 5 heteroatoms. The molecule has 76 valence electrons. The van der Waals surface area contributed by atoms with Crippen LogP contribution in [0.15, 0.2) is 0 Å². The summed E-state index contributed by atoms with van der Waals surface area (Å²) < 4.78 is 24.5. The Balaban J connectivity index is 1.93. The molecule has 0 radical (unpaired) electrons. The SMILES string of the molecule is CC1(O)CN(S(=O)(=O)CC2CC2)C1. The number of rotatable bonds is 3. The van der Waals surface area contributed by atoms with E-state index in [9.17, 15) is 13.5 Å². The molecule has 0 aromatic rings. The summed E-state index contributed by atoms with van der Waals surface area (Å²) in [6.07, 6.45) is 2.09. The summed E-state index contributed by atoms with van der Waals surface area (Å²) in [4.78, 5) is 0. The van der Waals surface area contributed by atoms with Crippen LogP contribution in [0.25, 0.3) is 0 Å². The molecule has 0 bridgehead atoms. The zero-order chi connectivity index (χ0) is 9.69. The third-order valence-electron chi connectivity index (χ3n) is 2.57. The van der Waals surface area contributed by atoms with E-state index in [1.165, 1.54) is 4.31 Å². The van der Waals surface area contributed by atoms with Crippen molar-refractivity contribution < 1.29 is 13.5 Å². The first kappa shape index (κ1) is 9.43. The fraction of sp³-hybridized carbons (Fsp3) is 1.00. The lowest BCUT2D eigenvalue weighted by Gasteiger charge is -2.42. The monoisotopic (exact) mass is 205 g/mol. The van der Waals surface area contributed by atoms with Crippen molar-refractivity contribution in [3.63, 3.8) is 0 Å². The van der Waals surface area contributed by atoms with Gasteiger partial charge in [0.25, 0.3) is 0 Å². The summed E-state index contributed by atoms with van der Waals surface area (Å²) in [5, 5.41) is 9.39. The van der Waals surface area contributed by atoms with Crippen LogP contribution in [0, 0.1) is 5.92 Å². The lowest BCUT2D eigenvalue weighted by atomic mass is 10.0. The quantitative estimate of drug-likeness (QED) is 0.693. The minimum Gasteiger partial charge on any atom is -0.387 e. The van der Waals surface area contributed by atoms with Crippen molar-refractivity contribution in [3.8, 4) is 0 Å². The van der Waals surface area contributed by atoms with Gasteiger partial charge in [-0.15, -0.1) is 0 Å². The standard InChI is InChI=1S/C8H15NO3S/c1-8(10)5-9(6-8)13(11,12)4-7-2-3-7/h7,10H,2-6H2,1H3. The fourth-order valence-corrected chi connectivity index (χ4v) is 3.69. The normalized spacial score (nSPS) is 28.5. The minimum absolute atomic E-state index is 0.266. The van der Waals surface area contributed by atoms with E-state index < -0.39 is 15.6 Å². The molecule has 0 aromatic carbocycles. The molecule has 1 N–H and O–H groups in total. The van der Waals surface area contributed by atoms with E-state index in [1.54, 1.807) is 6.92 Å². The first-order valence-corrected chi connectivity index (χ1v) is 6.20. The van der Waals surface area contributed by atoms with Gasteiger partial charge >= 0.3 is 0 Å². The van der Waals surface area contributed by atoms with Gasteiger partial charge in [0.2, 0.25) is 10.0 Å². The van der Waals surface area contributed by atoms with E-state index in [0.29, 0.717) is 5.92 Å². The highest BCUT2D eigenvalue weighted by molar-refractivity contribution is 7.89. The zero-order valence-electron chi connectivity index (χ0n) is 7.73. The maximum absolute atomic E-state index is 11.6. The molecule has 2 fully saturated rings. The van der Waals surface area contributed by atoms with Gasteiger partial charge in [0, 0.05) is 13.1 Å². The largest absolute Gasteiger partial charge is 0.387 e. The molecule has 1 saturated carbocycles. The van der Waals surface area contributed by atoms with Crippen LogP contribution in [-0.4, -0.2) is 42.3 Å². The lowest BCUT2D eigenvalue weighted by molar-refractivity contribution is -0.0426. The molecule has 0 unspecified atom stereocenters. The van der Waals surface area contributed by atoms with Gasteiger partial charge in [0.05, 0.1) is 11.4 Å². The summed E-state index contributed by atoms with van der Waals surface area (Å²) in [6, 6.07) is 0. The van der Waals surface area contributed by atoms with Gasteiger partial charge in [-0.05, 0) is 25.7 Å². The minimum atomic E-state index is -3.06. The molecule has 0 aromatic heterocycles. The zero-order valence-corrected chi connectivity index (χ0v) is 8.55. The molecule has 0 atom stereocenters. The number of hydrogen-bond donors (Lipinski definition) is 1. The Bertz CT molecular complexity index is 297. The van der Waals surface area contributed by atoms with Crippen molar-refractivity contribution in [2.24, 2.45) is 5.92 Å². The molecule has 0 amide bonds. The van der Waals surface area contributed by atoms with Crippen LogP contribution in [0.2, 0.25) is 0 Å². The van der Waals surface area contributed by atoms with Crippen LogP contribution in [0.5, 0.6) is 0 Å². The predicted molar refractivity (Wildman–Crippen MR) is 48.7 cm³/mol. The fourth-order valence-electron chi connectivity index (χ4n) is 1.60. The molecule has 4 nitrogen and oxygen atoms in total. The van der Waals surface area contributed by atoms with E-state index in [4.69, 9.17) is 0 Å². The van der Waals surface area contributed by atoms with Gasteiger partial charge in [0.1, 0.15) is 0 Å². The number of aliphatic hydroxyl groups is 1. The summed E-state index contributed by atoms with van der Waals surface area (Å²) in [6.45, 7) is 2.19. The van der Waals surface area contributed by atoms with Crippen molar-refractivity contribution >= 4 is 10.0 Å².